The molecule has 0 N–H and O–H groups in total. The number of rotatable bonds is 3. The van der Waals surface area contributed by atoms with Crippen molar-refractivity contribution in [3.8, 4) is 0 Å². The quantitative estimate of drug-likeness (QED) is 0.793. The minimum atomic E-state index is -0.823. The van der Waals surface area contributed by atoms with Gasteiger partial charge in [0.2, 0.25) is 0 Å². The average molecular weight is 355 g/mol. The van der Waals surface area contributed by atoms with E-state index >= 15 is 0 Å². The molecule has 25 heavy (non-hydrogen) atoms. The zero-order valence-corrected chi connectivity index (χ0v) is 14.2. The van der Waals surface area contributed by atoms with Crippen molar-refractivity contribution in [3.05, 3.63) is 59.1 Å². The topological polar surface area (TPSA) is 65.3 Å². The maximum atomic E-state index is 13.0. The second-order valence-electron chi connectivity index (χ2n) is 5.91. The molecular formula is C18H15ClN4O2. The SMILES string of the molecule is CCc1ccccc1N1N=N[C@H]2C(=O)N(c3cccc(Cl)c3)C(=O)[C@H]21. The molecule has 0 aliphatic carbocycles. The first-order valence-electron chi connectivity index (χ1n) is 8.03. The van der Waals surface area contributed by atoms with E-state index in [2.05, 4.69) is 10.3 Å². The molecule has 0 aromatic heterocycles. The van der Waals surface area contributed by atoms with Gasteiger partial charge in [0.1, 0.15) is 0 Å². The number of carbonyl (C=O) groups is 2. The van der Waals surface area contributed by atoms with Crippen molar-refractivity contribution in [1.29, 1.82) is 0 Å². The highest BCUT2D eigenvalue weighted by atomic mass is 35.5. The summed E-state index contributed by atoms with van der Waals surface area (Å²) in [5.74, 6) is -0.717. The minimum absolute atomic E-state index is 0.340. The standard InChI is InChI=1S/C18H15ClN4O2/c1-2-11-6-3-4-9-14(11)23-16-15(20-21-23)17(24)22(18(16)25)13-8-5-7-12(19)10-13/h3-10,15-16H,2H2,1H3/t15-,16+/m1/s1. The third kappa shape index (κ3) is 2.41. The molecule has 2 aromatic carbocycles. The number of benzene rings is 2. The Bertz CT molecular complexity index is 898. The average Bonchev–Trinajstić information content (AvgIpc) is 3.15. The van der Waals surface area contributed by atoms with Crippen LogP contribution in [0.3, 0.4) is 0 Å². The van der Waals surface area contributed by atoms with E-state index in [-0.39, 0.29) is 11.8 Å². The van der Waals surface area contributed by atoms with Crippen LogP contribution in [0.2, 0.25) is 5.02 Å². The second-order valence-corrected chi connectivity index (χ2v) is 6.35. The van der Waals surface area contributed by atoms with Gasteiger partial charge in [-0.3, -0.25) is 9.59 Å². The number of fused-ring (bicyclic) bond motifs is 1. The number of carbonyl (C=O) groups excluding carboxylic acids is 2. The lowest BCUT2D eigenvalue weighted by Crippen LogP contribution is -2.40. The van der Waals surface area contributed by atoms with Crippen molar-refractivity contribution in [2.75, 3.05) is 9.91 Å². The number of imide groups is 1. The normalized spacial score (nSPS) is 22.0. The molecule has 2 heterocycles. The summed E-state index contributed by atoms with van der Waals surface area (Å²) in [5.41, 5.74) is 2.30. The Balaban J connectivity index is 1.73. The maximum absolute atomic E-state index is 13.0. The fourth-order valence-corrected chi connectivity index (χ4v) is 3.45. The van der Waals surface area contributed by atoms with Crippen molar-refractivity contribution in [2.24, 2.45) is 10.3 Å². The molecule has 0 radical (unpaired) electrons. The Labute approximate surface area is 149 Å². The van der Waals surface area contributed by atoms with Gasteiger partial charge in [-0.25, -0.2) is 9.91 Å². The molecule has 0 spiro atoms. The van der Waals surface area contributed by atoms with Gasteiger partial charge in [-0.2, -0.15) is 5.11 Å². The van der Waals surface area contributed by atoms with Crippen LogP contribution in [0.15, 0.2) is 58.9 Å². The Morgan fingerprint density at radius 1 is 1.08 bits per heavy atom. The fraction of sp³-hybridized carbons (Fsp3) is 0.222. The number of hydrogen-bond acceptors (Lipinski definition) is 5. The molecule has 2 amide bonds. The van der Waals surface area contributed by atoms with E-state index in [0.29, 0.717) is 10.7 Å². The maximum Gasteiger partial charge on any atom is 0.263 e. The number of aryl methyl sites for hydroxylation is 1. The molecule has 2 aliphatic heterocycles. The Morgan fingerprint density at radius 2 is 1.88 bits per heavy atom. The summed E-state index contributed by atoms with van der Waals surface area (Å²) in [6.45, 7) is 2.03. The van der Waals surface area contributed by atoms with E-state index in [1.807, 2.05) is 31.2 Å². The van der Waals surface area contributed by atoms with Crippen LogP contribution in [0.1, 0.15) is 12.5 Å². The number of amides is 2. The van der Waals surface area contributed by atoms with Crippen LogP contribution in [0.5, 0.6) is 0 Å². The molecule has 1 fully saturated rings. The Hall–Kier alpha value is -2.73. The van der Waals surface area contributed by atoms with Gasteiger partial charge in [0.15, 0.2) is 12.1 Å². The Morgan fingerprint density at radius 3 is 2.64 bits per heavy atom. The first-order valence-corrected chi connectivity index (χ1v) is 8.41. The van der Waals surface area contributed by atoms with E-state index in [1.165, 1.54) is 0 Å². The molecule has 1 saturated heterocycles. The van der Waals surface area contributed by atoms with E-state index in [0.717, 1.165) is 22.6 Å². The first-order chi connectivity index (χ1) is 12.1. The molecule has 126 valence electrons. The summed E-state index contributed by atoms with van der Waals surface area (Å²) in [7, 11) is 0. The monoisotopic (exact) mass is 354 g/mol. The second kappa shape index (κ2) is 5.97. The van der Waals surface area contributed by atoms with E-state index in [4.69, 9.17) is 11.6 Å². The molecule has 6 nitrogen and oxygen atoms in total. The van der Waals surface area contributed by atoms with Crippen LogP contribution in [0.4, 0.5) is 11.4 Å². The van der Waals surface area contributed by atoms with E-state index in [1.54, 1.807) is 29.3 Å². The van der Waals surface area contributed by atoms with Crippen LogP contribution in [-0.4, -0.2) is 23.9 Å². The van der Waals surface area contributed by atoms with Crippen molar-refractivity contribution >= 4 is 34.8 Å². The van der Waals surface area contributed by atoms with E-state index < -0.39 is 12.1 Å². The van der Waals surface area contributed by atoms with Crippen molar-refractivity contribution in [1.82, 2.24) is 0 Å². The number of anilines is 2. The number of halogens is 1. The predicted octanol–water partition coefficient (Wildman–Crippen LogP) is 3.40. The van der Waals surface area contributed by atoms with E-state index in [9.17, 15) is 9.59 Å². The number of para-hydroxylation sites is 1. The summed E-state index contributed by atoms with van der Waals surface area (Å²) in [5, 5.41) is 10.2. The third-order valence-electron chi connectivity index (χ3n) is 4.47. The largest absolute Gasteiger partial charge is 0.271 e. The highest BCUT2D eigenvalue weighted by Crippen LogP contribution is 2.36. The highest BCUT2D eigenvalue weighted by Gasteiger charge is 2.55. The van der Waals surface area contributed by atoms with Gasteiger partial charge < -0.3 is 0 Å². The van der Waals surface area contributed by atoms with Crippen LogP contribution in [0.25, 0.3) is 0 Å². The molecule has 4 rings (SSSR count). The van der Waals surface area contributed by atoms with Crippen molar-refractivity contribution in [2.45, 2.75) is 25.4 Å². The van der Waals surface area contributed by atoms with Crippen molar-refractivity contribution in [3.63, 3.8) is 0 Å². The van der Waals surface area contributed by atoms with Crippen LogP contribution >= 0.6 is 11.6 Å². The van der Waals surface area contributed by atoms with Gasteiger partial charge in [-0.1, -0.05) is 48.0 Å². The lowest BCUT2D eigenvalue weighted by atomic mass is 10.1. The van der Waals surface area contributed by atoms with Crippen LogP contribution in [-0.2, 0) is 16.0 Å². The van der Waals surface area contributed by atoms with Gasteiger partial charge in [0.25, 0.3) is 11.8 Å². The Kier molecular flexibility index (Phi) is 3.77. The molecular weight excluding hydrogens is 340 g/mol. The summed E-state index contributed by atoms with van der Waals surface area (Å²) >= 11 is 6.00. The predicted molar refractivity (Wildman–Crippen MR) is 94.7 cm³/mol. The van der Waals surface area contributed by atoms with Gasteiger partial charge >= 0.3 is 0 Å². The lowest BCUT2D eigenvalue weighted by molar-refractivity contribution is -0.121. The van der Waals surface area contributed by atoms with Crippen LogP contribution < -0.4 is 9.91 Å². The molecule has 0 saturated carbocycles. The zero-order valence-electron chi connectivity index (χ0n) is 13.5. The lowest BCUT2D eigenvalue weighted by Gasteiger charge is -2.22. The molecule has 2 aromatic rings. The van der Waals surface area contributed by atoms with Crippen molar-refractivity contribution < 1.29 is 9.59 Å². The van der Waals surface area contributed by atoms with Gasteiger partial charge in [-0.05, 0) is 36.2 Å². The molecule has 2 aliphatic rings. The number of nitrogens with zero attached hydrogens (tertiary/aromatic N) is 4. The summed E-state index contributed by atoms with van der Waals surface area (Å²) in [6, 6.07) is 12.8. The minimum Gasteiger partial charge on any atom is -0.271 e. The van der Waals surface area contributed by atoms with Gasteiger partial charge in [0, 0.05) is 5.02 Å². The zero-order chi connectivity index (χ0) is 17.6. The summed E-state index contributed by atoms with van der Waals surface area (Å²) in [4.78, 5) is 26.9. The first kappa shape index (κ1) is 15.8. The van der Waals surface area contributed by atoms with Gasteiger partial charge in [0.05, 0.1) is 11.4 Å². The van der Waals surface area contributed by atoms with Crippen LogP contribution in [0, 0.1) is 0 Å². The third-order valence-corrected chi connectivity index (χ3v) is 4.70. The van der Waals surface area contributed by atoms with Gasteiger partial charge in [-0.15, -0.1) is 0 Å². The summed E-state index contributed by atoms with van der Waals surface area (Å²) in [6.07, 6.45) is 0.791. The molecule has 2 atom stereocenters. The summed E-state index contributed by atoms with van der Waals surface area (Å²) < 4.78 is 0. The highest BCUT2D eigenvalue weighted by molar-refractivity contribution is 6.32. The smallest absolute Gasteiger partial charge is 0.263 e. The molecule has 0 bridgehead atoms. The number of hydrogen-bond donors (Lipinski definition) is 0. The molecule has 0 unspecified atom stereocenters. The fourth-order valence-electron chi connectivity index (χ4n) is 3.26. The molecule has 7 heteroatoms.